The molecule has 0 aromatic rings. The number of ether oxygens (including phenoxy) is 1. The summed E-state index contributed by atoms with van der Waals surface area (Å²) in [5.41, 5.74) is 0.629. The maximum atomic E-state index is 11.7. The number of likely N-dealkylation sites (N-methyl/N-ethyl adjacent to an activating group) is 1. The zero-order valence-corrected chi connectivity index (χ0v) is 12.8. The average molecular weight is 299 g/mol. The van der Waals surface area contributed by atoms with Gasteiger partial charge in [-0.25, -0.2) is 9.10 Å². The van der Waals surface area contributed by atoms with Gasteiger partial charge in [0.15, 0.2) is 0 Å². The van der Waals surface area contributed by atoms with Crippen molar-refractivity contribution in [3.8, 4) is 0 Å². The van der Waals surface area contributed by atoms with Gasteiger partial charge in [-0.15, -0.1) is 0 Å². The summed E-state index contributed by atoms with van der Waals surface area (Å²) >= 11 is 1.17. The standard InChI is InChI=1S/C14H21NO4S/c1-12(16)8-10-19-20-15(2)9-11-18-14(17)13-6-4-3-5-7-13/h4,6-7H,3,5,8-11H2,1-2H3. The van der Waals surface area contributed by atoms with E-state index >= 15 is 0 Å². The van der Waals surface area contributed by atoms with Crippen LogP contribution in [0.3, 0.4) is 0 Å². The smallest absolute Gasteiger partial charge is 0.337 e. The molecule has 0 saturated carbocycles. The molecule has 112 valence electrons. The molecule has 0 N–H and O–H groups in total. The van der Waals surface area contributed by atoms with Crippen molar-refractivity contribution in [3.63, 3.8) is 0 Å². The molecule has 0 spiro atoms. The molecule has 0 aromatic heterocycles. The molecule has 1 aliphatic carbocycles. The maximum Gasteiger partial charge on any atom is 0.337 e. The average Bonchev–Trinajstić information content (AvgIpc) is 2.44. The zero-order chi connectivity index (χ0) is 14.8. The largest absolute Gasteiger partial charge is 0.461 e. The highest BCUT2D eigenvalue weighted by molar-refractivity contribution is 7.92. The second kappa shape index (κ2) is 9.74. The normalized spacial score (nSPS) is 14.2. The van der Waals surface area contributed by atoms with Gasteiger partial charge in [0.05, 0.1) is 24.4 Å². The minimum absolute atomic E-state index is 0.107. The Hall–Kier alpha value is -1.11. The van der Waals surface area contributed by atoms with Crippen LogP contribution in [0.5, 0.6) is 0 Å². The number of hydrogen-bond acceptors (Lipinski definition) is 6. The summed E-state index contributed by atoms with van der Waals surface area (Å²) in [6.07, 6.45) is 7.95. The third-order valence-corrected chi connectivity index (χ3v) is 3.30. The second-order valence-electron chi connectivity index (χ2n) is 4.48. The Bertz CT molecular complexity index is 393. The molecule has 0 fully saturated rings. The van der Waals surface area contributed by atoms with Crippen molar-refractivity contribution in [2.75, 3.05) is 26.8 Å². The lowest BCUT2D eigenvalue weighted by molar-refractivity contribution is -0.138. The molecule has 0 bridgehead atoms. The highest BCUT2D eigenvalue weighted by Gasteiger charge is 2.10. The number of hydrogen-bond donors (Lipinski definition) is 0. The van der Waals surface area contributed by atoms with Crippen LogP contribution < -0.4 is 0 Å². The molecule has 5 nitrogen and oxygen atoms in total. The maximum absolute atomic E-state index is 11.7. The summed E-state index contributed by atoms with van der Waals surface area (Å²) in [7, 11) is 1.84. The second-order valence-corrected chi connectivity index (χ2v) is 5.48. The van der Waals surface area contributed by atoms with Crippen LogP contribution in [0.1, 0.15) is 26.2 Å². The van der Waals surface area contributed by atoms with E-state index in [1.807, 2.05) is 23.5 Å². The molecule has 0 unspecified atom stereocenters. The van der Waals surface area contributed by atoms with E-state index in [0.29, 0.717) is 31.8 Å². The summed E-state index contributed by atoms with van der Waals surface area (Å²) in [6.45, 7) is 2.80. The lowest BCUT2D eigenvalue weighted by Gasteiger charge is -2.14. The molecule has 0 amide bonds. The van der Waals surface area contributed by atoms with E-state index in [9.17, 15) is 9.59 Å². The fourth-order valence-electron chi connectivity index (χ4n) is 1.46. The number of rotatable bonds is 9. The van der Waals surface area contributed by atoms with Crippen molar-refractivity contribution < 1.29 is 18.5 Å². The van der Waals surface area contributed by atoms with Crippen molar-refractivity contribution in [1.82, 2.24) is 4.31 Å². The third kappa shape index (κ3) is 7.47. The zero-order valence-electron chi connectivity index (χ0n) is 12.0. The van der Waals surface area contributed by atoms with E-state index in [1.165, 1.54) is 19.2 Å². The quantitative estimate of drug-likeness (QED) is 0.282. The van der Waals surface area contributed by atoms with Crippen LogP contribution in [0.25, 0.3) is 0 Å². The molecule has 1 rings (SSSR count). The fraction of sp³-hybridized carbons (Fsp3) is 0.571. The van der Waals surface area contributed by atoms with Gasteiger partial charge >= 0.3 is 5.97 Å². The molecule has 1 aliphatic rings. The lowest BCUT2D eigenvalue weighted by Crippen LogP contribution is -2.19. The van der Waals surface area contributed by atoms with Crippen molar-refractivity contribution in [2.45, 2.75) is 26.2 Å². The molecular weight excluding hydrogens is 278 g/mol. The minimum atomic E-state index is -0.281. The van der Waals surface area contributed by atoms with Crippen LogP contribution in [0, 0.1) is 0 Å². The summed E-state index contributed by atoms with van der Waals surface area (Å²) in [4.78, 5) is 22.4. The summed E-state index contributed by atoms with van der Waals surface area (Å²) in [6, 6.07) is 0. The first-order valence-corrected chi connectivity index (χ1v) is 7.33. The van der Waals surface area contributed by atoms with Crippen LogP contribution >= 0.6 is 12.2 Å². The minimum Gasteiger partial charge on any atom is -0.461 e. The molecular formula is C14H21NO4S. The number of carbonyl (C=O) groups excluding carboxylic acids is 2. The van der Waals surface area contributed by atoms with Gasteiger partial charge in [-0.2, -0.15) is 0 Å². The third-order valence-electron chi connectivity index (χ3n) is 2.59. The number of Topliss-reactive ketones (excluding diaryl/α,β-unsaturated/α-hetero) is 1. The molecule has 0 aromatic carbocycles. The van der Waals surface area contributed by atoms with Gasteiger partial charge in [0, 0.05) is 13.0 Å². The van der Waals surface area contributed by atoms with Gasteiger partial charge in [0.2, 0.25) is 0 Å². The molecule has 0 heterocycles. The van der Waals surface area contributed by atoms with E-state index in [1.54, 1.807) is 6.08 Å². The Morgan fingerprint density at radius 1 is 1.35 bits per heavy atom. The molecule has 0 atom stereocenters. The first-order chi connectivity index (χ1) is 9.59. The van der Waals surface area contributed by atoms with Gasteiger partial charge < -0.3 is 8.92 Å². The van der Waals surface area contributed by atoms with Crippen LogP contribution in [0.2, 0.25) is 0 Å². The van der Waals surface area contributed by atoms with E-state index in [0.717, 1.165) is 12.8 Å². The Kier molecular flexibility index (Phi) is 8.25. The first kappa shape index (κ1) is 16.9. The Morgan fingerprint density at radius 2 is 2.15 bits per heavy atom. The van der Waals surface area contributed by atoms with Gasteiger partial charge in [-0.3, -0.25) is 4.79 Å². The van der Waals surface area contributed by atoms with Gasteiger partial charge in [-0.1, -0.05) is 18.2 Å². The van der Waals surface area contributed by atoms with Crippen LogP contribution in [0.4, 0.5) is 0 Å². The van der Waals surface area contributed by atoms with Crippen LogP contribution in [-0.4, -0.2) is 42.9 Å². The first-order valence-electron chi connectivity index (χ1n) is 6.63. The van der Waals surface area contributed by atoms with Gasteiger partial charge in [0.25, 0.3) is 0 Å². The SMILES string of the molecule is CC(=O)CCOSN(C)CCOC(=O)C1=CCCC=C1. The van der Waals surface area contributed by atoms with Gasteiger partial charge in [0.1, 0.15) is 12.4 Å². The number of ketones is 1. The molecule has 0 radical (unpaired) electrons. The Labute approximate surface area is 124 Å². The van der Waals surface area contributed by atoms with Crippen LogP contribution in [-0.2, 0) is 18.5 Å². The highest BCUT2D eigenvalue weighted by atomic mass is 32.2. The van der Waals surface area contributed by atoms with E-state index in [4.69, 9.17) is 8.92 Å². The molecule has 6 heteroatoms. The van der Waals surface area contributed by atoms with Crippen LogP contribution in [0.15, 0.2) is 23.8 Å². The summed E-state index contributed by atoms with van der Waals surface area (Å²) in [5.74, 6) is -0.173. The Balaban J connectivity index is 2.07. The van der Waals surface area contributed by atoms with Crippen molar-refractivity contribution >= 4 is 24.0 Å². The predicted molar refractivity (Wildman–Crippen MR) is 78.9 cm³/mol. The fourth-order valence-corrected chi connectivity index (χ4v) is 1.95. The number of esters is 1. The summed E-state index contributed by atoms with van der Waals surface area (Å²) in [5, 5.41) is 0. The van der Waals surface area contributed by atoms with E-state index in [-0.39, 0.29) is 11.8 Å². The topological polar surface area (TPSA) is 55.8 Å². The highest BCUT2D eigenvalue weighted by Crippen LogP contribution is 2.12. The molecule has 20 heavy (non-hydrogen) atoms. The van der Waals surface area contributed by atoms with Gasteiger partial charge in [-0.05, 0) is 26.8 Å². The number of allylic oxidation sites excluding steroid dienone is 2. The van der Waals surface area contributed by atoms with Crippen molar-refractivity contribution in [1.29, 1.82) is 0 Å². The van der Waals surface area contributed by atoms with E-state index in [2.05, 4.69) is 0 Å². The Morgan fingerprint density at radius 3 is 2.80 bits per heavy atom. The number of carbonyl (C=O) groups is 2. The monoisotopic (exact) mass is 299 g/mol. The van der Waals surface area contributed by atoms with Crippen molar-refractivity contribution in [3.05, 3.63) is 23.8 Å². The van der Waals surface area contributed by atoms with E-state index < -0.39 is 0 Å². The van der Waals surface area contributed by atoms with Crippen molar-refractivity contribution in [2.24, 2.45) is 0 Å². The number of nitrogens with zero attached hydrogens (tertiary/aromatic N) is 1. The molecule has 0 aliphatic heterocycles. The molecule has 0 saturated heterocycles. The summed E-state index contributed by atoms with van der Waals surface area (Å²) < 4.78 is 12.2. The lowest BCUT2D eigenvalue weighted by atomic mass is 10.1. The predicted octanol–water partition coefficient (Wildman–Crippen LogP) is 2.30.